The minimum atomic E-state index is 0.393. The molecule has 0 radical (unpaired) electrons. The van der Waals surface area contributed by atoms with Crippen molar-refractivity contribution in [3.05, 3.63) is 102 Å². The van der Waals surface area contributed by atoms with Crippen LogP contribution in [0.3, 0.4) is 0 Å². The fourth-order valence-corrected chi connectivity index (χ4v) is 2.19. The van der Waals surface area contributed by atoms with Crippen molar-refractivity contribution >= 4 is 5.69 Å². The van der Waals surface area contributed by atoms with Crippen LogP contribution in [0.1, 0.15) is 31.9 Å². The second-order valence-corrected chi connectivity index (χ2v) is 5.37. The van der Waals surface area contributed by atoms with Crippen LogP contribution in [-0.4, -0.2) is 6.73 Å². The summed E-state index contributed by atoms with van der Waals surface area (Å²) < 4.78 is 5.65. The maximum atomic E-state index is 5.65. The summed E-state index contributed by atoms with van der Waals surface area (Å²) in [7, 11) is 0. The summed E-state index contributed by atoms with van der Waals surface area (Å²) in [6.45, 7) is 13.9. The number of nitrogens with one attached hydrogen (secondary N) is 1. The van der Waals surface area contributed by atoms with Crippen LogP contribution in [0.5, 0.6) is 0 Å². The Morgan fingerprint density at radius 3 is 2.16 bits per heavy atom. The third-order valence-corrected chi connectivity index (χ3v) is 3.40. The lowest BCUT2D eigenvalue weighted by Gasteiger charge is -2.12. The van der Waals surface area contributed by atoms with Gasteiger partial charge in [-0.1, -0.05) is 75.5 Å². The van der Waals surface area contributed by atoms with Crippen molar-refractivity contribution in [3.63, 3.8) is 0 Å². The normalized spacial score (nSPS) is 10.3. The first kappa shape index (κ1) is 20.3. The number of benzene rings is 2. The number of hydrogen-bond acceptors (Lipinski definition) is 2. The van der Waals surface area contributed by atoms with Gasteiger partial charge in [0.05, 0.1) is 0 Å². The molecule has 0 amide bonds. The van der Waals surface area contributed by atoms with Crippen LogP contribution in [0.2, 0.25) is 0 Å². The molecule has 0 atom stereocenters. The first-order valence-corrected chi connectivity index (χ1v) is 8.67. The summed E-state index contributed by atoms with van der Waals surface area (Å²) >= 11 is 0. The highest BCUT2D eigenvalue weighted by molar-refractivity contribution is 5.45. The molecular formula is C23H29NO. The highest BCUT2D eigenvalue weighted by atomic mass is 16.5. The summed E-state index contributed by atoms with van der Waals surface area (Å²) in [6.07, 6.45) is 4.45. The van der Waals surface area contributed by atoms with Crippen molar-refractivity contribution in [1.82, 2.24) is 0 Å². The number of allylic oxidation sites excluding steroid dienone is 3. The molecule has 0 aliphatic carbocycles. The molecule has 0 fully saturated rings. The SMILES string of the molecule is C=C/C=C(/OCNc1ccc(Cc2ccccc2)cc1)C(=C)C.CC. The van der Waals surface area contributed by atoms with Gasteiger partial charge in [0.25, 0.3) is 0 Å². The van der Waals surface area contributed by atoms with E-state index in [9.17, 15) is 0 Å². The van der Waals surface area contributed by atoms with Crippen molar-refractivity contribution in [2.45, 2.75) is 27.2 Å². The van der Waals surface area contributed by atoms with Crippen molar-refractivity contribution in [3.8, 4) is 0 Å². The maximum Gasteiger partial charge on any atom is 0.159 e. The zero-order valence-electron chi connectivity index (χ0n) is 15.6. The molecule has 2 aromatic carbocycles. The fraction of sp³-hybridized carbons (Fsp3) is 0.217. The van der Waals surface area contributed by atoms with Gasteiger partial charge in [-0.3, -0.25) is 0 Å². The maximum absolute atomic E-state index is 5.65. The molecule has 25 heavy (non-hydrogen) atoms. The Bertz CT molecular complexity index is 669. The number of ether oxygens (including phenoxy) is 1. The lowest BCUT2D eigenvalue weighted by atomic mass is 10.1. The van der Waals surface area contributed by atoms with E-state index in [1.807, 2.05) is 32.9 Å². The minimum Gasteiger partial charge on any atom is -0.473 e. The molecule has 2 heteroatoms. The molecule has 2 aromatic rings. The average Bonchev–Trinajstić information content (AvgIpc) is 2.65. The quantitative estimate of drug-likeness (QED) is 0.345. The van der Waals surface area contributed by atoms with E-state index in [0.29, 0.717) is 6.73 Å². The Hall–Kier alpha value is -2.74. The molecule has 1 N–H and O–H groups in total. The Kier molecular flexibility index (Phi) is 9.54. The predicted molar refractivity (Wildman–Crippen MR) is 110 cm³/mol. The fourth-order valence-electron chi connectivity index (χ4n) is 2.19. The highest BCUT2D eigenvalue weighted by Gasteiger charge is 1.99. The molecule has 2 nitrogen and oxygen atoms in total. The van der Waals surface area contributed by atoms with Crippen LogP contribution in [-0.2, 0) is 11.2 Å². The van der Waals surface area contributed by atoms with Gasteiger partial charge in [-0.15, -0.1) is 0 Å². The summed E-state index contributed by atoms with van der Waals surface area (Å²) in [5, 5.41) is 3.24. The Balaban J connectivity index is 0.00000151. The van der Waals surface area contributed by atoms with E-state index in [0.717, 1.165) is 23.4 Å². The first-order valence-electron chi connectivity index (χ1n) is 8.67. The van der Waals surface area contributed by atoms with E-state index in [1.54, 1.807) is 6.08 Å². The summed E-state index contributed by atoms with van der Waals surface area (Å²) in [5.74, 6) is 0.744. The van der Waals surface area contributed by atoms with Crippen LogP contribution >= 0.6 is 0 Å². The Labute approximate surface area is 152 Å². The van der Waals surface area contributed by atoms with Crippen molar-refractivity contribution < 1.29 is 4.74 Å². The van der Waals surface area contributed by atoms with Crippen LogP contribution < -0.4 is 5.32 Å². The highest BCUT2D eigenvalue weighted by Crippen LogP contribution is 2.14. The molecule has 0 saturated heterocycles. The van der Waals surface area contributed by atoms with Gasteiger partial charge >= 0.3 is 0 Å². The van der Waals surface area contributed by atoms with Gasteiger partial charge in [0.1, 0.15) is 5.76 Å². The standard InChI is InChI=1S/C21H23NO.C2H6/c1-4-8-21(17(2)3)23-16-22-20-13-11-19(12-14-20)15-18-9-6-5-7-10-18;1-2/h4-14,22H,1-2,15-16H2,3H3;1-2H3/b21-8+;. The first-order chi connectivity index (χ1) is 12.2. The third-order valence-electron chi connectivity index (χ3n) is 3.40. The van der Waals surface area contributed by atoms with Crippen LogP contribution in [0, 0.1) is 0 Å². The van der Waals surface area contributed by atoms with Crippen LogP contribution in [0.25, 0.3) is 0 Å². The second-order valence-electron chi connectivity index (χ2n) is 5.37. The molecule has 0 spiro atoms. The number of rotatable bonds is 8. The van der Waals surface area contributed by atoms with Crippen molar-refractivity contribution in [1.29, 1.82) is 0 Å². The van der Waals surface area contributed by atoms with Gasteiger partial charge in [-0.05, 0) is 48.3 Å². The van der Waals surface area contributed by atoms with E-state index >= 15 is 0 Å². The predicted octanol–water partition coefficient (Wildman–Crippen LogP) is 6.34. The van der Waals surface area contributed by atoms with Gasteiger partial charge in [-0.2, -0.15) is 0 Å². The molecule has 0 aliphatic rings. The number of hydrogen-bond donors (Lipinski definition) is 1. The van der Waals surface area contributed by atoms with E-state index < -0.39 is 0 Å². The summed E-state index contributed by atoms with van der Waals surface area (Å²) in [6, 6.07) is 18.9. The zero-order valence-corrected chi connectivity index (χ0v) is 15.6. The van der Waals surface area contributed by atoms with Gasteiger partial charge in [-0.25, -0.2) is 0 Å². The monoisotopic (exact) mass is 335 g/mol. The Morgan fingerprint density at radius 1 is 1.00 bits per heavy atom. The lowest BCUT2D eigenvalue weighted by molar-refractivity contribution is 0.243. The van der Waals surface area contributed by atoms with E-state index in [2.05, 4.69) is 67.0 Å². The molecule has 2 rings (SSSR count). The van der Waals surface area contributed by atoms with Crippen molar-refractivity contribution in [2.75, 3.05) is 12.0 Å². The van der Waals surface area contributed by atoms with E-state index in [-0.39, 0.29) is 0 Å². The van der Waals surface area contributed by atoms with Crippen LogP contribution in [0.15, 0.2) is 91.2 Å². The molecule has 0 bridgehead atoms. The minimum absolute atomic E-state index is 0.393. The largest absolute Gasteiger partial charge is 0.473 e. The Morgan fingerprint density at radius 2 is 1.60 bits per heavy atom. The topological polar surface area (TPSA) is 21.3 Å². The summed E-state index contributed by atoms with van der Waals surface area (Å²) in [4.78, 5) is 0. The van der Waals surface area contributed by atoms with Crippen molar-refractivity contribution in [2.24, 2.45) is 0 Å². The van der Waals surface area contributed by atoms with Crippen LogP contribution in [0.4, 0.5) is 5.69 Å². The number of anilines is 1. The lowest BCUT2D eigenvalue weighted by Crippen LogP contribution is -2.06. The molecule has 0 unspecified atom stereocenters. The van der Waals surface area contributed by atoms with Gasteiger partial charge < -0.3 is 10.1 Å². The molecule has 0 aliphatic heterocycles. The smallest absolute Gasteiger partial charge is 0.159 e. The molecular weight excluding hydrogens is 306 g/mol. The summed E-state index contributed by atoms with van der Waals surface area (Å²) in [5.41, 5.74) is 4.51. The van der Waals surface area contributed by atoms with Gasteiger partial charge in [0, 0.05) is 5.69 Å². The van der Waals surface area contributed by atoms with Gasteiger partial charge in [0.2, 0.25) is 0 Å². The molecule has 0 saturated carbocycles. The molecule has 0 aromatic heterocycles. The van der Waals surface area contributed by atoms with E-state index in [4.69, 9.17) is 4.74 Å². The van der Waals surface area contributed by atoms with Gasteiger partial charge in [0.15, 0.2) is 6.73 Å². The third kappa shape index (κ3) is 7.58. The molecule has 132 valence electrons. The zero-order chi connectivity index (χ0) is 18.5. The molecule has 0 heterocycles. The second kappa shape index (κ2) is 11.7. The van der Waals surface area contributed by atoms with E-state index in [1.165, 1.54) is 11.1 Å². The average molecular weight is 335 g/mol.